The molecule has 80 valence electrons. The van der Waals surface area contributed by atoms with E-state index in [2.05, 4.69) is 21.4 Å². The Labute approximate surface area is 90.7 Å². The summed E-state index contributed by atoms with van der Waals surface area (Å²) < 4.78 is 0. The van der Waals surface area contributed by atoms with Crippen molar-refractivity contribution in [2.45, 2.75) is 13.5 Å². The molecule has 4 nitrogen and oxygen atoms in total. The Morgan fingerprint density at radius 2 is 2.27 bits per heavy atom. The number of nitrogens with zero attached hydrogens (tertiary/aromatic N) is 3. The lowest BCUT2D eigenvalue weighted by molar-refractivity contribution is 0.758. The molecule has 0 aliphatic carbocycles. The summed E-state index contributed by atoms with van der Waals surface area (Å²) >= 11 is 0. The molecule has 4 heteroatoms. The van der Waals surface area contributed by atoms with Crippen molar-refractivity contribution in [3.8, 4) is 12.3 Å². The Balaban J connectivity index is 2.73. The van der Waals surface area contributed by atoms with Gasteiger partial charge in [-0.2, -0.15) is 5.10 Å². The standard InChI is InChI=1S/C11H16N4/c1-4-8-15(5-2)11-7-6-10(9-12-3)13-14-11/h1,6-7,12H,5,8-9H2,2-3H3. The molecule has 0 fully saturated rings. The Kier molecular flexibility index (Phi) is 4.58. The van der Waals surface area contributed by atoms with Gasteiger partial charge in [0.05, 0.1) is 12.2 Å². The van der Waals surface area contributed by atoms with E-state index in [4.69, 9.17) is 6.42 Å². The third-order valence-corrected chi connectivity index (χ3v) is 2.05. The van der Waals surface area contributed by atoms with Crippen LogP contribution in [0.5, 0.6) is 0 Å². The molecule has 0 aromatic carbocycles. The first-order chi connectivity index (χ1) is 7.31. The van der Waals surface area contributed by atoms with Crippen LogP contribution in [0.4, 0.5) is 5.82 Å². The van der Waals surface area contributed by atoms with Crippen molar-refractivity contribution in [2.75, 3.05) is 25.0 Å². The molecule has 0 bridgehead atoms. The number of anilines is 1. The number of nitrogens with one attached hydrogen (secondary N) is 1. The van der Waals surface area contributed by atoms with E-state index in [0.717, 1.165) is 24.6 Å². The fourth-order valence-corrected chi connectivity index (χ4v) is 1.26. The molecular formula is C11H16N4. The van der Waals surface area contributed by atoms with Gasteiger partial charge in [0.1, 0.15) is 0 Å². The highest BCUT2D eigenvalue weighted by molar-refractivity contribution is 5.38. The summed E-state index contributed by atoms with van der Waals surface area (Å²) in [5, 5.41) is 11.2. The fourth-order valence-electron chi connectivity index (χ4n) is 1.26. The molecule has 0 saturated carbocycles. The van der Waals surface area contributed by atoms with Gasteiger partial charge in [0.25, 0.3) is 0 Å². The van der Waals surface area contributed by atoms with Gasteiger partial charge in [-0.15, -0.1) is 11.5 Å². The molecule has 0 saturated heterocycles. The first-order valence-electron chi connectivity index (χ1n) is 4.97. The van der Waals surface area contributed by atoms with Gasteiger partial charge in [-0.25, -0.2) is 0 Å². The summed E-state index contributed by atoms with van der Waals surface area (Å²) in [6.45, 7) is 4.18. The molecule has 0 unspecified atom stereocenters. The normalized spacial score (nSPS) is 9.67. The van der Waals surface area contributed by atoms with E-state index in [9.17, 15) is 0 Å². The van der Waals surface area contributed by atoms with Crippen LogP contribution in [0, 0.1) is 12.3 Å². The summed E-state index contributed by atoms with van der Waals surface area (Å²) in [5.41, 5.74) is 0.929. The second-order valence-corrected chi connectivity index (χ2v) is 3.13. The third-order valence-electron chi connectivity index (χ3n) is 2.05. The molecular weight excluding hydrogens is 188 g/mol. The Morgan fingerprint density at radius 1 is 1.47 bits per heavy atom. The fraction of sp³-hybridized carbons (Fsp3) is 0.455. The highest BCUT2D eigenvalue weighted by atomic mass is 15.3. The summed E-state index contributed by atoms with van der Waals surface area (Å²) in [5.74, 6) is 3.43. The second-order valence-electron chi connectivity index (χ2n) is 3.13. The maximum atomic E-state index is 5.27. The van der Waals surface area contributed by atoms with E-state index in [-0.39, 0.29) is 0 Å². The van der Waals surface area contributed by atoms with Gasteiger partial charge in [-0.05, 0) is 26.1 Å². The maximum Gasteiger partial charge on any atom is 0.152 e. The molecule has 0 aliphatic rings. The van der Waals surface area contributed by atoms with Crippen LogP contribution in [0.3, 0.4) is 0 Å². The summed E-state index contributed by atoms with van der Waals surface area (Å²) in [6, 6.07) is 3.90. The van der Waals surface area contributed by atoms with E-state index in [1.165, 1.54) is 0 Å². The lowest BCUT2D eigenvalue weighted by Crippen LogP contribution is -2.24. The molecule has 1 aromatic rings. The van der Waals surface area contributed by atoms with E-state index in [1.54, 1.807) is 0 Å². The molecule has 0 radical (unpaired) electrons. The number of hydrogen-bond acceptors (Lipinski definition) is 4. The highest BCUT2D eigenvalue weighted by Crippen LogP contribution is 2.08. The molecule has 1 N–H and O–H groups in total. The Morgan fingerprint density at radius 3 is 2.73 bits per heavy atom. The smallest absolute Gasteiger partial charge is 0.152 e. The lowest BCUT2D eigenvalue weighted by Gasteiger charge is -2.18. The van der Waals surface area contributed by atoms with Crippen LogP contribution >= 0.6 is 0 Å². The number of hydrogen-bond donors (Lipinski definition) is 1. The number of terminal acetylenes is 1. The van der Waals surface area contributed by atoms with E-state index >= 15 is 0 Å². The summed E-state index contributed by atoms with van der Waals surface area (Å²) in [4.78, 5) is 2.00. The first kappa shape index (κ1) is 11.5. The van der Waals surface area contributed by atoms with Crippen LogP contribution in [0.2, 0.25) is 0 Å². The third kappa shape index (κ3) is 3.22. The van der Waals surface area contributed by atoms with Gasteiger partial charge < -0.3 is 10.2 Å². The minimum atomic E-state index is 0.566. The van der Waals surface area contributed by atoms with Crippen molar-refractivity contribution in [1.29, 1.82) is 0 Å². The number of rotatable bonds is 5. The molecule has 0 atom stereocenters. The van der Waals surface area contributed by atoms with Gasteiger partial charge in [0, 0.05) is 13.1 Å². The zero-order chi connectivity index (χ0) is 11.1. The van der Waals surface area contributed by atoms with Gasteiger partial charge in [-0.1, -0.05) is 5.92 Å². The molecule has 0 spiro atoms. The van der Waals surface area contributed by atoms with Crippen molar-refractivity contribution in [3.05, 3.63) is 17.8 Å². The van der Waals surface area contributed by atoms with Gasteiger partial charge in [-0.3, -0.25) is 0 Å². The van der Waals surface area contributed by atoms with E-state index in [1.807, 2.05) is 31.0 Å². The minimum Gasteiger partial charge on any atom is -0.344 e. The topological polar surface area (TPSA) is 41.0 Å². The van der Waals surface area contributed by atoms with Crippen molar-refractivity contribution in [1.82, 2.24) is 15.5 Å². The molecule has 0 amide bonds. The first-order valence-corrected chi connectivity index (χ1v) is 4.97. The molecule has 0 aliphatic heterocycles. The van der Waals surface area contributed by atoms with Crippen molar-refractivity contribution >= 4 is 5.82 Å². The SMILES string of the molecule is C#CCN(CC)c1ccc(CNC)nn1. The largest absolute Gasteiger partial charge is 0.344 e. The van der Waals surface area contributed by atoms with Gasteiger partial charge >= 0.3 is 0 Å². The quantitative estimate of drug-likeness (QED) is 0.715. The second kappa shape index (κ2) is 5.99. The molecule has 1 aromatic heterocycles. The van der Waals surface area contributed by atoms with Crippen molar-refractivity contribution in [2.24, 2.45) is 0 Å². The highest BCUT2D eigenvalue weighted by Gasteiger charge is 2.04. The predicted molar refractivity (Wildman–Crippen MR) is 61.5 cm³/mol. The molecule has 1 rings (SSSR count). The zero-order valence-electron chi connectivity index (χ0n) is 9.20. The molecule has 1 heterocycles. The Hall–Kier alpha value is -1.60. The summed E-state index contributed by atoms with van der Waals surface area (Å²) in [6.07, 6.45) is 5.27. The Bertz CT molecular complexity index is 325. The number of aromatic nitrogens is 2. The van der Waals surface area contributed by atoms with Crippen LogP contribution in [-0.2, 0) is 6.54 Å². The van der Waals surface area contributed by atoms with Gasteiger partial charge in [0.2, 0.25) is 0 Å². The van der Waals surface area contributed by atoms with Crippen LogP contribution in [0.25, 0.3) is 0 Å². The summed E-state index contributed by atoms with van der Waals surface area (Å²) in [7, 11) is 1.88. The molecule has 15 heavy (non-hydrogen) atoms. The van der Waals surface area contributed by atoms with Crippen LogP contribution in [-0.4, -0.2) is 30.3 Å². The lowest BCUT2D eigenvalue weighted by atomic mass is 10.3. The predicted octanol–water partition coefficient (Wildman–Crippen LogP) is 0.655. The minimum absolute atomic E-state index is 0.566. The van der Waals surface area contributed by atoms with Crippen LogP contribution in [0.1, 0.15) is 12.6 Å². The average molecular weight is 204 g/mol. The zero-order valence-corrected chi connectivity index (χ0v) is 9.20. The van der Waals surface area contributed by atoms with Crippen LogP contribution in [0.15, 0.2) is 12.1 Å². The average Bonchev–Trinajstić information content (AvgIpc) is 2.28. The van der Waals surface area contributed by atoms with Crippen LogP contribution < -0.4 is 10.2 Å². The van der Waals surface area contributed by atoms with Crippen molar-refractivity contribution in [3.63, 3.8) is 0 Å². The van der Waals surface area contributed by atoms with E-state index in [0.29, 0.717) is 6.54 Å². The maximum absolute atomic E-state index is 5.27. The monoisotopic (exact) mass is 204 g/mol. The van der Waals surface area contributed by atoms with E-state index < -0.39 is 0 Å². The van der Waals surface area contributed by atoms with Crippen molar-refractivity contribution < 1.29 is 0 Å². The van der Waals surface area contributed by atoms with Gasteiger partial charge in [0.15, 0.2) is 5.82 Å².